The highest BCUT2D eigenvalue weighted by Crippen LogP contribution is 2.18. The van der Waals surface area contributed by atoms with Crippen LogP contribution in [0.2, 0.25) is 0 Å². The Morgan fingerprint density at radius 3 is 2.70 bits per heavy atom. The third-order valence-electron chi connectivity index (χ3n) is 4.09. The Morgan fingerprint density at radius 1 is 1.15 bits per heavy atom. The molecule has 1 unspecified atom stereocenters. The molecule has 2 heterocycles. The van der Waals surface area contributed by atoms with Crippen molar-refractivity contribution in [3.63, 3.8) is 0 Å². The number of benzene rings is 1. The van der Waals surface area contributed by atoms with Crippen molar-refractivity contribution in [3.8, 4) is 0 Å². The van der Waals surface area contributed by atoms with Gasteiger partial charge in [-0.2, -0.15) is 0 Å². The number of ether oxygens (including phenoxy) is 2. The van der Waals surface area contributed by atoms with Gasteiger partial charge in [-0.25, -0.2) is 0 Å². The van der Waals surface area contributed by atoms with Gasteiger partial charge in [0.05, 0.1) is 25.9 Å². The highest BCUT2D eigenvalue weighted by Gasteiger charge is 2.22. The summed E-state index contributed by atoms with van der Waals surface area (Å²) in [5.41, 5.74) is 2.68. The minimum absolute atomic E-state index is 0.259. The van der Waals surface area contributed by atoms with E-state index in [2.05, 4.69) is 41.0 Å². The lowest BCUT2D eigenvalue weighted by molar-refractivity contribution is -0.0977. The molecular formula is C16H24N2O2. The van der Waals surface area contributed by atoms with Crippen LogP contribution in [0.5, 0.6) is 0 Å². The lowest BCUT2D eigenvalue weighted by Crippen LogP contribution is -2.50. The fourth-order valence-electron chi connectivity index (χ4n) is 2.94. The second-order valence-corrected chi connectivity index (χ2v) is 5.69. The minimum atomic E-state index is 0.259. The predicted octanol–water partition coefficient (Wildman–Crippen LogP) is 1.53. The standard InChI is InChI=1S/C16H24N2O2/c1-14-3-2-4-15(11-14)18-7-5-17(6-8-18)12-16-13-19-9-10-20-16/h2-4,11,16H,5-10,12-13H2,1H3. The van der Waals surface area contributed by atoms with E-state index in [1.54, 1.807) is 0 Å². The van der Waals surface area contributed by atoms with Crippen LogP contribution in [0.1, 0.15) is 5.56 Å². The van der Waals surface area contributed by atoms with Gasteiger partial charge in [0.2, 0.25) is 0 Å². The summed E-state index contributed by atoms with van der Waals surface area (Å²) in [6.45, 7) is 9.79. The molecule has 0 saturated carbocycles. The maximum atomic E-state index is 5.73. The molecule has 2 saturated heterocycles. The number of anilines is 1. The second-order valence-electron chi connectivity index (χ2n) is 5.69. The molecule has 1 atom stereocenters. The number of rotatable bonds is 3. The van der Waals surface area contributed by atoms with Gasteiger partial charge in [0.1, 0.15) is 0 Å². The zero-order chi connectivity index (χ0) is 13.8. The average molecular weight is 276 g/mol. The van der Waals surface area contributed by atoms with Crippen LogP contribution in [0.15, 0.2) is 24.3 Å². The summed E-state index contributed by atoms with van der Waals surface area (Å²) in [5.74, 6) is 0. The van der Waals surface area contributed by atoms with E-state index >= 15 is 0 Å². The van der Waals surface area contributed by atoms with Crippen molar-refractivity contribution in [3.05, 3.63) is 29.8 Å². The zero-order valence-electron chi connectivity index (χ0n) is 12.3. The van der Waals surface area contributed by atoms with Crippen molar-refractivity contribution in [2.75, 3.05) is 57.4 Å². The zero-order valence-corrected chi connectivity index (χ0v) is 12.3. The Hall–Kier alpha value is -1.10. The Kier molecular flexibility index (Phi) is 4.55. The summed E-state index contributed by atoms with van der Waals surface area (Å²) in [5, 5.41) is 0. The van der Waals surface area contributed by atoms with Crippen LogP contribution in [0.25, 0.3) is 0 Å². The summed E-state index contributed by atoms with van der Waals surface area (Å²) in [7, 11) is 0. The van der Waals surface area contributed by atoms with E-state index in [4.69, 9.17) is 9.47 Å². The molecule has 3 rings (SSSR count). The van der Waals surface area contributed by atoms with E-state index < -0.39 is 0 Å². The number of hydrogen-bond donors (Lipinski definition) is 0. The molecule has 0 amide bonds. The van der Waals surface area contributed by atoms with Crippen LogP contribution in [0.3, 0.4) is 0 Å². The molecule has 0 aliphatic carbocycles. The van der Waals surface area contributed by atoms with E-state index in [0.29, 0.717) is 0 Å². The molecule has 0 aromatic heterocycles. The molecule has 110 valence electrons. The molecule has 0 radical (unpaired) electrons. The molecule has 4 nitrogen and oxygen atoms in total. The molecule has 0 bridgehead atoms. The normalized spacial score (nSPS) is 24.9. The third-order valence-corrected chi connectivity index (χ3v) is 4.09. The van der Waals surface area contributed by atoms with Gasteiger partial charge in [-0.3, -0.25) is 4.90 Å². The van der Waals surface area contributed by atoms with Gasteiger partial charge in [0, 0.05) is 38.4 Å². The highest BCUT2D eigenvalue weighted by molar-refractivity contribution is 5.48. The van der Waals surface area contributed by atoms with Crippen LogP contribution in [-0.4, -0.2) is 63.5 Å². The van der Waals surface area contributed by atoms with Crippen LogP contribution in [0, 0.1) is 6.92 Å². The van der Waals surface area contributed by atoms with Gasteiger partial charge in [0.25, 0.3) is 0 Å². The van der Waals surface area contributed by atoms with E-state index in [0.717, 1.165) is 52.5 Å². The number of piperazine rings is 1. The first kappa shape index (κ1) is 13.9. The van der Waals surface area contributed by atoms with E-state index in [1.165, 1.54) is 11.3 Å². The van der Waals surface area contributed by atoms with Gasteiger partial charge < -0.3 is 14.4 Å². The van der Waals surface area contributed by atoms with Crippen LogP contribution in [-0.2, 0) is 9.47 Å². The number of nitrogens with zero attached hydrogens (tertiary/aromatic N) is 2. The van der Waals surface area contributed by atoms with Crippen molar-refractivity contribution in [1.29, 1.82) is 0 Å². The fraction of sp³-hybridized carbons (Fsp3) is 0.625. The van der Waals surface area contributed by atoms with E-state index in [1.807, 2.05) is 0 Å². The maximum absolute atomic E-state index is 5.73. The Labute approximate surface area is 121 Å². The van der Waals surface area contributed by atoms with Crippen molar-refractivity contribution in [1.82, 2.24) is 4.90 Å². The summed E-state index contributed by atoms with van der Waals surface area (Å²) in [6, 6.07) is 8.78. The molecule has 0 N–H and O–H groups in total. The fourth-order valence-corrected chi connectivity index (χ4v) is 2.94. The molecule has 2 aliphatic heterocycles. The van der Waals surface area contributed by atoms with Gasteiger partial charge >= 0.3 is 0 Å². The molecular weight excluding hydrogens is 252 g/mol. The summed E-state index contributed by atoms with van der Waals surface area (Å²) >= 11 is 0. The molecule has 2 aliphatic rings. The largest absolute Gasteiger partial charge is 0.376 e. The van der Waals surface area contributed by atoms with Crippen molar-refractivity contribution in [2.45, 2.75) is 13.0 Å². The quantitative estimate of drug-likeness (QED) is 0.836. The highest BCUT2D eigenvalue weighted by atomic mass is 16.6. The molecule has 0 spiro atoms. The van der Waals surface area contributed by atoms with Gasteiger partial charge in [-0.15, -0.1) is 0 Å². The first-order chi connectivity index (χ1) is 9.81. The topological polar surface area (TPSA) is 24.9 Å². The Morgan fingerprint density at radius 2 is 2.00 bits per heavy atom. The summed E-state index contributed by atoms with van der Waals surface area (Å²) < 4.78 is 11.2. The SMILES string of the molecule is Cc1cccc(N2CCN(CC3COCCO3)CC2)c1. The molecule has 2 fully saturated rings. The molecule has 1 aromatic carbocycles. The molecule has 20 heavy (non-hydrogen) atoms. The lowest BCUT2D eigenvalue weighted by atomic mass is 10.2. The van der Waals surface area contributed by atoms with Crippen LogP contribution >= 0.6 is 0 Å². The summed E-state index contributed by atoms with van der Waals surface area (Å²) in [4.78, 5) is 4.97. The Balaban J connectivity index is 1.49. The summed E-state index contributed by atoms with van der Waals surface area (Å²) in [6.07, 6.45) is 0.259. The van der Waals surface area contributed by atoms with Crippen LogP contribution in [0.4, 0.5) is 5.69 Å². The first-order valence-corrected chi connectivity index (χ1v) is 7.54. The second kappa shape index (κ2) is 6.57. The van der Waals surface area contributed by atoms with Gasteiger partial charge in [-0.1, -0.05) is 12.1 Å². The monoisotopic (exact) mass is 276 g/mol. The number of aryl methyl sites for hydroxylation is 1. The van der Waals surface area contributed by atoms with Crippen molar-refractivity contribution in [2.24, 2.45) is 0 Å². The smallest absolute Gasteiger partial charge is 0.0936 e. The first-order valence-electron chi connectivity index (χ1n) is 7.54. The third kappa shape index (κ3) is 3.51. The Bertz CT molecular complexity index is 424. The van der Waals surface area contributed by atoms with Crippen molar-refractivity contribution >= 4 is 5.69 Å². The van der Waals surface area contributed by atoms with E-state index in [9.17, 15) is 0 Å². The maximum Gasteiger partial charge on any atom is 0.0936 e. The van der Waals surface area contributed by atoms with Gasteiger partial charge in [0.15, 0.2) is 0 Å². The van der Waals surface area contributed by atoms with Gasteiger partial charge in [-0.05, 0) is 24.6 Å². The van der Waals surface area contributed by atoms with Crippen LogP contribution < -0.4 is 4.90 Å². The van der Waals surface area contributed by atoms with E-state index in [-0.39, 0.29) is 6.10 Å². The van der Waals surface area contributed by atoms with Crippen molar-refractivity contribution < 1.29 is 9.47 Å². The number of hydrogen-bond acceptors (Lipinski definition) is 4. The average Bonchev–Trinajstić information content (AvgIpc) is 2.49. The minimum Gasteiger partial charge on any atom is -0.376 e. The predicted molar refractivity (Wildman–Crippen MR) is 80.4 cm³/mol. The molecule has 1 aromatic rings. The lowest BCUT2D eigenvalue weighted by Gasteiger charge is -2.38. The molecule has 4 heteroatoms.